The normalized spacial score (nSPS) is 24.4. The fourth-order valence-corrected chi connectivity index (χ4v) is 1.83. The third-order valence-corrected chi connectivity index (χ3v) is 2.89. The highest BCUT2D eigenvalue weighted by atomic mass is 19.1. The second-order valence-electron chi connectivity index (χ2n) is 4.17. The van der Waals surface area contributed by atoms with Gasteiger partial charge in [-0.15, -0.1) is 0 Å². The van der Waals surface area contributed by atoms with Crippen LogP contribution in [0.4, 0.5) is 10.1 Å². The smallest absolute Gasteiger partial charge is 0.244 e. The van der Waals surface area contributed by atoms with E-state index < -0.39 is 11.4 Å². The molecule has 1 atom stereocenters. The fraction of sp³-hybridized carbons (Fsp3) is 0.455. The number of halogens is 1. The molecule has 1 aromatic heterocycles. The molecular formula is C11H14FN3O. The first kappa shape index (κ1) is 11.0. The average molecular weight is 223 g/mol. The number of carbonyl (C=O) groups is 1. The standard InChI is InChI=1S/C11H14FN3O/c1-11(4-2-5-14-11)10(16)15-9-3-6-13-7-8(9)12/h3,6-7,14H,2,4-5H2,1H3,(H,13,15,16). The fourth-order valence-electron chi connectivity index (χ4n) is 1.83. The SMILES string of the molecule is CC1(C(=O)Nc2ccncc2F)CCCN1. The number of aromatic nitrogens is 1. The first-order valence-electron chi connectivity index (χ1n) is 5.28. The van der Waals surface area contributed by atoms with Crippen molar-refractivity contribution in [2.45, 2.75) is 25.3 Å². The summed E-state index contributed by atoms with van der Waals surface area (Å²) < 4.78 is 13.3. The van der Waals surface area contributed by atoms with E-state index in [9.17, 15) is 9.18 Å². The molecule has 2 rings (SSSR count). The minimum absolute atomic E-state index is 0.176. The van der Waals surface area contributed by atoms with Crippen LogP contribution in [0.3, 0.4) is 0 Å². The monoisotopic (exact) mass is 223 g/mol. The van der Waals surface area contributed by atoms with Crippen LogP contribution in [0.2, 0.25) is 0 Å². The van der Waals surface area contributed by atoms with E-state index in [4.69, 9.17) is 0 Å². The Labute approximate surface area is 93.3 Å². The molecule has 0 spiro atoms. The minimum Gasteiger partial charge on any atom is -0.322 e. The topological polar surface area (TPSA) is 54.0 Å². The molecule has 1 aliphatic rings. The van der Waals surface area contributed by atoms with Crippen molar-refractivity contribution in [1.82, 2.24) is 10.3 Å². The quantitative estimate of drug-likeness (QED) is 0.794. The van der Waals surface area contributed by atoms with E-state index in [1.54, 1.807) is 0 Å². The van der Waals surface area contributed by atoms with Gasteiger partial charge in [-0.1, -0.05) is 0 Å². The Morgan fingerprint density at radius 1 is 1.69 bits per heavy atom. The molecule has 1 aliphatic heterocycles. The Bertz CT molecular complexity index is 402. The van der Waals surface area contributed by atoms with Crippen LogP contribution < -0.4 is 10.6 Å². The van der Waals surface area contributed by atoms with Crippen LogP contribution in [-0.4, -0.2) is 23.0 Å². The molecule has 2 heterocycles. The van der Waals surface area contributed by atoms with Crippen molar-refractivity contribution < 1.29 is 9.18 Å². The van der Waals surface area contributed by atoms with Crippen molar-refractivity contribution in [3.05, 3.63) is 24.3 Å². The van der Waals surface area contributed by atoms with E-state index in [0.717, 1.165) is 25.6 Å². The number of carbonyl (C=O) groups excluding carboxylic acids is 1. The molecule has 4 nitrogen and oxygen atoms in total. The van der Waals surface area contributed by atoms with Gasteiger partial charge in [-0.3, -0.25) is 9.78 Å². The van der Waals surface area contributed by atoms with Crippen LogP contribution in [0, 0.1) is 5.82 Å². The molecule has 1 unspecified atom stereocenters. The molecule has 2 N–H and O–H groups in total. The second-order valence-corrected chi connectivity index (χ2v) is 4.17. The van der Waals surface area contributed by atoms with Crippen molar-refractivity contribution in [3.63, 3.8) is 0 Å². The molecule has 0 radical (unpaired) electrons. The summed E-state index contributed by atoms with van der Waals surface area (Å²) in [5.41, 5.74) is -0.412. The third kappa shape index (κ3) is 2.04. The van der Waals surface area contributed by atoms with Crippen molar-refractivity contribution in [2.75, 3.05) is 11.9 Å². The summed E-state index contributed by atoms with van der Waals surface area (Å²) in [5.74, 6) is -0.715. The van der Waals surface area contributed by atoms with Crippen molar-refractivity contribution in [2.24, 2.45) is 0 Å². The molecule has 1 saturated heterocycles. The number of nitrogens with zero attached hydrogens (tertiary/aromatic N) is 1. The number of rotatable bonds is 2. The van der Waals surface area contributed by atoms with E-state index in [-0.39, 0.29) is 11.6 Å². The van der Waals surface area contributed by atoms with Gasteiger partial charge in [0.2, 0.25) is 5.91 Å². The highest BCUT2D eigenvalue weighted by Gasteiger charge is 2.36. The summed E-state index contributed by atoms with van der Waals surface area (Å²) in [6.45, 7) is 2.65. The van der Waals surface area contributed by atoms with Gasteiger partial charge in [-0.25, -0.2) is 4.39 Å². The Morgan fingerprint density at radius 3 is 3.12 bits per heavy atom. The van der Waals surface area contributed by atoms with E-state index in [0.29, 0.717) is 0 Å². The van der Waals surface area contributed by atoms with Crippen LogP contribution in [0.15, 0.2) is 18.5 Å². The van der Waals surface area contributed by atoms with E-state index in [2.05, 4.69) is 15.6 Å². The molecular weight excluding hydrogens is 209 g/mol. The lowest BCUT2D eigenvalue weighted by Crippen LogP contribution is -2.48. The zero-order valence-electron chi connectivity index (χ0n) is 9.09. The maximum absolute atomic E-state index is 13.3. The maximum Gasteiger partial charge on any atom is 0.244 e. The highest BCUT2D eigenvalue weighted by molar-refractivity contribution is 5.98. The van der Waals surface area contributed by atoms with Gasteiger partial charge in [0.15, 0.2) is 5.82 Å². The van der Waals surface area contributed by atoms with Crippen molar-refractivity contribution in [3.8, 4) is 0 Å². The lowest BCUT2D eigenvalue weighted by atomic mass is 9.99. The summed E-state index contributed by atoms with van der Waals surface area (Å²) in [7, 11) is 0. The predicted molar refractivity (Wildman–Crippen MR) is 58.5 cm³/mol. The van der Waals surface area contributed by atoms with Gasteiger partial charge in [-0.05, 0) is 32.4 Å². The van der Waals surface area contributed by atoms with Crippen molar-refractivity contribution >= 4 is 11.6 Å². The first-order chi connectivity index (χ1) is 7.62. The number of hydrogen-bond donors (Lipinski definition) is 2. The molecule has 1 amide bonds. The van der Waals surface area contributed by atoms with Gasteiger partial charge in [0.1, 0.15) is 0 Å². The van der Waals surface area contributed by atoms with Crippen LogP contribution in [0.5, 0.6) is 0 Å². The van der Waals surface area contributed by atoms with Crippen LogP contribution in [-0.2, 0) is 4.79 Å². The number of nitrogens with one attached hydrogen (secondary N) is 2. The number of pyridine rings is 1. The summed E-state index contributed by atoms with van der Waals surface area (Å²) in [5, 5.41) is 5.70. The molecule has 0 aliphatic carbocycles. The molecule has 86 valence electrons. The van der Waals surface area contributed by atoms with Gasteiger partial charge < -0.3 is 10.6 Å². The average Bonchev–Trinajstić information content (AvgIpc) is 2.70. The van der Waals surface area contributed by atoms with Crippen molar-refractivity contribution in [1.29, 1.82) is 0 Å². The summed E-state index contributed by atoms with van der Waals surface area (Å²) in [6.07, 6.45) is 4.26. The number of anilines is 1. The van der Waals surface area contributed by atoms with E-state index in [1.807, 2.05) is 6.92 Å². The lowest BCUT2D eigenvalue weighted by molar-refractivity contribution is -0.121. The maximum atomic E-state index is 13.3. The summed E-state index contributed by atoms with van der Waals surface area (Å²) >= 11 is 0. The Morgan fingerprint density at radius 2 is 2.50 bits per heavy atom. The van der Waals surface area contributed by atoms with E-state index in [1.165, 1.54) is 12.3 Å². The molecule has 1 fully saturated rings. The third-order valence-electron chi connectivity index (χ3n) is 2.89. The lowest BCUT2D eigenvalue weighted by Gasteiger charge is -2.23. The van der Waals surface area contributed by atoms with Gasteiger partial charge >= 0.3 is 0 Å². The second kappa shape index (κ2) is 4.17. The minimum atomic E-state index is -0.588. The molecule has 0 aromatic carbocycles. The summed E-state index contributed by atoms with van der Waals surface area (Å²) in [4.78, 5) is 15.6. The highest BCUT2D eigenvalue weighted by Crippen LogP contribution is 2.21. The van der Waals surface area contributed by atoms with Gasteiger partial charge in [0.05, 0.1) is 17.4 Å². The predicted octanol–water partition coefficient (Wildman–Crippen LogP) is 1.30. The Kier molecular flexibility index (Phi) is 2.87. The Balaban J connectivity index is 2.10. The molecule has 1 aromatic rings. The Hall–Kier alpha value is -1.49. The molecule has 0 saturated carbocycles. The van der Waals surface area contributed by atoms with Gasteiger partial charge in [0.25, 0.3) is 0 Å². The number of amides is 1. The van der Waals surface area contributed by atoms with E-state index >= 15 is 0 Å². The van der Waals surface area contributed by atoms with Crippen LogP contribution in [0.1, 0.15) is 19.8 Å². The molecule has 5 heteroatoms. The zero-order chi connectivity index (χ0) is 11.6. The van der Waals surface area contributed by atoms with Crippen LogP contribution in [0.25, 0.3) is 0 Å². The molecule has 16 heavy (non-hydrogen) atoms. The van der Waals surface area contributed by atoms with Gasteiger partial charge in [0, 0.05) is 6.20 Å². The van der Waals surface area contributed by atoms with Crippen LogP contribution >= 0.6 is 0 Å². The molecule has 0 bridgehead atoms. The first-order valence-corrected chi connectivity index (χ1v) is 5.28. The largest absolute Gasteiger partial charge is 0.322 e. The zero-order valence-corrected chi connectivity index (χ0v) is 9.09. The number of hydrogen-bond acceptors (Lipinski definition) is 3. The van der Waals surface area contributed by atoms with Gasteiger partial charge in [-0.2, -0.15) is 0 Å². The summed E-state index contributed by atoms with van der Waals surface area (Å²) in [6, 6.07) is 1.45.